The van der Waals surface area contributed by atoms with Crippen molar-refractivity contribution >= 4 is 16.8 Å². The molecule has 0 aliphatic heterocycles. The SMILES string of the molecule is CCc1c(C(=O)O)ccc(C(F)(F)C(F)(F)F)c1[S@](=O)[C@H](C)CC. The molecule has 1 aromatic rings. The number of hydrogen-bond acceptors (Lipinski definition) is 2. The third-order valence-corrected chi connectivity index (χ3v) is 5.61. The molecule has 0 bridgehead atoms. The van der Waals surface area contributed by atoms with Gasteiger partial charge in [-0.2, -0.15) is 22.0 Å². The van der Waals surface area contributed by atoms with Crippen molar-refractivity contribution in [1.82, 2.24) is 0 Å². The second kappa shape index (κ2) is 7.16. The second-order valence-electron chi connectivity index (χ2n) is 5.22. The quantitative estimate of drug-likeness (QED) is 0.748. The maximum Gasteiger partial charge on any atom is 0.458 e. The van der Waals surface area contributed by atoms with Crippen molar-refractivity contribution < 1.29 is 36.1 Å². The van der Waals surface area contributed by atoms with Gasteiger partial charge in [0.25, 0.3) is 0 Å². The fourth-order valence-electron chi connectivity index (χ4n) is 2.16. The lowest BCUT2D eigenvalue weighted by Gasteiger charge is -2.25. The Morgan fingerprint density at radius 2 is 1.75 bits per heavy atom. The van der Waals surface area contributed by atoms with E-state index in [0.29, 0.717) is 12.1 Å². The van der Waals surface area contributed by atoms with Crippen LogP contribution in [0.1, 0.15) is 48.7 Å². The summed E-state index contributed by atoms with van der Waals surface area (Å²) >= 11 is 0. The van der Waals surface area contributed by atoms with Gasteiger partial charge in [-0.25, -0.2) is 4.79 Å². The summed E-state index contributed by atoms with van der Waals surface area (Å²) in [7, 11) is -2.20. The van der Waals surface area contributed by atoms with Crippen LogP contribution in [0.5, 0.6) is 0 Å². The molecule has 24 heavy (non-hydrogen) atoms. The van der Waals surface area contributed by atoms with Gasteiger partial charge in [0.05, 0.1) is 21.3 Å². The molecule has 1 N–H and O–H groups in total. The Balaban J connectivity index is 3.85. The smallest absolute Gasteiger partial charge is 0.458 e. The predicted octanol–water partition coefficient (Wildman–Crippen LogP) is 4.51. The topological polar surface area (TPSA) is 54.4 Å². The van der Waals surface area contributed by atoms with Gasteiger partial charge in [-0.15, -0.1) is 0 Å². The van der Waals surface area contributed by atoms with Gasteiger partial charge < -0.3 is 5.11 Å². The number of halogens is 5. The van der Waals surface area contributed by atoms with Crippen molar-refractivity contribution in [2.24, 2.45) is 0 Å². The second-order valence-corrected chi connectivity index (χ2v) is 7.02. The first-order valence-corrected chi connectivity index (χ1v) is 8.36. The molecule has 0 aliphatic rings. The summed E-state index contributed by atoms with van der Waals surface area (Å²) in [6, 6.07) is 1.11. The van der Waals surface area contributed by atoms with Crippen molar-refractivity contribution in [3.05, 3.63) is 28.8 Å². The standard InChI is InChI=1S/C15H17F5O3S/c1-4-8(3)24(23)12-9(5-2)10(13(21)22)6-7-11(12)14(16,17)15(18,19)20/h6-8H,4-5H2,1-3H3,(H,21,22)/t8-,24-/m1/s1. The Morgan fingerprint density at radius 1 is 1.21 bits per heavy atom. The molecule has 0 amide bonds. The summed E-state index contributed by atoms with van der Waals surface area (Å²) in [6.07, 6.45) is -5.75. The van der Waals surface area contributed by atoms with E-state index in [1.807, 2.05) is 0 Å². The molecule has 0 radical (unpaired) electrons. The van der Waals surface area contributed by atoms with E-state index < -0.39 is 50.1 Å². The average molecular weight is 372 g/mol. The zero-order chi connectivity index (χ0) is 18.9. The zero-order valence-electron chi connectivity index (χ0n) is 13.2. The molecule has 0 saturated carbocycles. The molecule has 0 fully saturated rings. The minimum atomic E-state index is -5.88. The third kappa shape index (κ3) is 3.60. The molecule has 0 saturated heterocycles. The minimum absolute atomic E-state index is 0.138. The van der Waals surface area contributed by atoms with Crippen LogP contribution < -0.4 is 0 Å². The first kappa shape index (κ1) is 20.5. The van der Waals surface area contributed by atoms with Crippen LogP contribution in [-0.4, -0.2) is 26.7 Å². The normalized spacial score (nSPS) is 15.2. The molecule has 1 rings (SSSR count). The van der Waals surface area contributed by atoms with Crippen LogP contribution in [0.2, 0.25) is 0 Å². The van der Waals surface area contributed by atoms with E-state index in [2.05, 4.69) is 0 Å². The highest BCUT2D eigenvalue weighted by atomic mass is 32.2. The van der Waals surface area contributed by atoms with Crippen molar-refractivity contribution in [3.63, 3.8) is 0 Å². The largest absolute Gasteiger partial charge is 0.478 e. The first-order chi connectivity index (χ1) is 10.9. The van der Waals surface area contributed by atoms with Crippen LogP contribution in [-0.2, 0) is 23.1 Å². The lowest BCUT2D eigenvalue weighted by molar-refractivity contribution is -0.290. The van der Waals surface area contributed by atoms with Gasteiger partial charge in [-0.05, 0) is 24.5 Å². The van der Waals surface area contributed by atoms with Gasteiger partial charge in [0.15, 0.2) is 0 Å². The molecule has 0 aromatic heterocycles. The van der Waals surface area contributed by atoms with Crippen LogP contribution in [0.3, 0.4) is 0 Å². The van der Waals surface area contributed by atoms with E-state index in [1.165, 1.54) is 13.8 Å². The maximum absolute atomic E-state index is 13.9. The molecule has 2 atom stereocenters. The predicted molar refractivity (Wildman–Crippen MR) is 78.9 cm³/mol. The van der Waals surface area contributed by atoms with Crippen molar-refractivity contribution in [3.8, 4) is 0 Å². The van der Waals surface area contributed by atoms with Crippen molar-refractivity contribution in [1.29, 1.82) is 0 Å². The lowest BCUT2D eigenvalue weighted by atomic mass is 9.98. The lowest BCUT2D eigenvalue weighted by Crippen LogP contribution is -2.35. The Bertz CT molecular complexity index is 655. The summed E-state index contributed by atoms with van der Waals surface area (Å²) < 4.78 is 78.7. The van der Waals surface area contributed by atoms with Crippen molar-refractivity contribution in [2.75, 3.05) is 0 Å². The summed E-state index contributed by atoms with van der Waals surface area (Å²) in [4.78, 5) is 10.5. The van der Waals surface area contributed by atoms with Gasteiger partial charge in [0.1, 0.15) is 0 Å². The summed E-state index contributed by atoms with van der Waals surface area (Å²) in [5, 5.41) is 8.44. The van der Waals surface area contributed by atoms with Crippen molar-refractivity contribution in [2.45, 2.75) is 55.9 Å². The monoisotopic (exact) mass is 372 g/mol. The highest BCUT2D eigenvalue weighted by molar-refractivity contribution is 7.85. The van der Waals surface area contributed by atoms with Gasteiger partial charge in [-0.1, -0.05) is 26.8 Å². The molecule has 0 heterocycles. The van der Waals surface area contributed by atoms with Gasteiger partial charge in [-0.3, -0.25) is 4.21 Å². The molecule has 0 unspecified atom stereocenters. The number of benzene rings is 1. The number of carboxylic acids is 1. The molecule has 136 valence electrons. The van der Waals surface area contributed by atoms with Gasteiger partial charge >= 0.3 is 18.1 Å². The number of carboxylic acid groups (broad SMARTS) is 1. The molecule has 9 heteroatoms. The highest BCUT2D eigenvalue weighted by Gasteiger charge is 2.60. The molecule has 0 spiro atoms. The summed E-state index contributed by atoms with van der Waals surface area (Å²) in [5.41, 5.74) is -2.14. The number of carbonyl (C=O) groups is 1. The number of alkyl halides is 5. The Labute approximate surface area is 138 Å². The van der Waals surface area contributed by atoms with Crippen LogP contribution in [0.15, 0.2) is 17.0 Å². The Kier molecular flexibility index (Phi) is 6.13. The molecule has 0 aliphatic carbocycles. The molecular weight excluding hydrogens is 355 g/mol. The maximum atomic E-state index is 13.9. The minimum Gasteiger partial charge on any atom is -0.478 e. The highest BCUT2D eigenvalue weighted by Crippen LogP contribution is 2.47. The van der Waals surface area contributed by atoms with E-state index in [-0.39, 0.29) is 18.4 Å². The summed E-state index contributed by atoms with van der Waals surface area (Å²) in [6.45, 7) is 4.46. The fraction of sp³-hybridized carbons (Fsp3) is 0.533. The van der Waals surface area contributed by atoms with Crippen LogP contribution in [0.4, 0.5) is 22.0 Å². The average Bonchev–Trinajstić information content (AvgIpc) is 2.50. The fourth-order valence-corrected chi connectivity index (χ4v) is 3.78. The third-order valence-electron chi connectivity index (χ3n) is 3.68. The van der Waals surface area contributed by atoms with Crippen LogP contribution >= 0.6 is 0 Å². The van der Waals surface area contributed by atoms with Gasteiger partial charge in [0.2, 0.25) is 0 Å². The van der Waals surface area contributed by atoms with E-state index >= 15 is 0 Å². The zero-order valence-corrected chi connectivity index (χ0v) is 14.0. The van der Waals surface area contributed by atoms with Gasteiger partial charge in [0, 0.05) is 10.8 Å². The molecule has 1 aromatic carbocycles. The first-order valence-electron chi connectivity index (χ1n) is 7.14. The van der Waals surface area contributed by atoms with E-state index in [0.717, 1.165) is 0 Å². The Morgan fingerprint density at radius 3 is 2.12 bits per heavy atom. The number of aromatic carboxylic acids is 1. The number of hydrogen-bond donors (Lipinski definition) is 1. The van der Waals surface area contributed by atoms with E-state index in [9.17, 15) is 31.0 Å². The molecular formula is C15H17F5O3S. The summed E-state index contributed by atoms with van der Waals surface area (Å²) in [5.74, 6) is -6.71. The Hall–Kier alpha value is -1.51. The number of rotatable bonds is 6. The van der Waals surface area contributed by atoms with E-state index in [1.54, 1.807) is 6.92 Å². The van der Waals surface area contributed by atoms with Crippen LogP contribution in [0, 0.1) is 0 Å². The van der Waals surface area contributed by atoms with Crippen LogP contribution in [0.25, 0.3) is 0 Å². The van der Waals surface area contributed by atoms with E-state index in [4.69, 9.17) is 5.11 Å². The molecule has 3 nitrogen and oxygen atoms in total.